The summed E-state index contributed by atoms with van der Waals surface area (Å²) < 4.78 is 123. The van der Waals surface area contributed by atoms with Crippen molar-refractivity contribution < 1.29 is 82.9 Å². The molecule has 0 bridgehead atoms. The second-order valence-electron chi connectivity index (χ2n) is 30.4. The van der Waals surface area contributed by atoms with Crippen molar-refractivity contribution in [3.8, 4) is 86.6 Å². The minimum atomic E-state index is -4.53. The van der Waals surface area contributed by atoms with Crippen molar-refractivity contribution >= 4 is 58.4 Å². The van der Waals surface area contributed by atoms with Gasteiger partial charge in [-0.1, -0.05) is 0 Å². The number of alkyl halides is 6. The number of piperidine rings is 2. The number of nitrogens with zero attached hydrogens (tertiary/aromatic N) is 11. The molecule has 4 aliphatic carbocycles. The predicted molar refractivity (Wildman–Crippen MR) is 422 cm³/mol. The number of anilines is 4. The van der Waals surface area contributed by atoms with Gasteiger partial charge < -0.3 is 54.4 Å². The number of likely N-dealkylation sites (tertiary alicyclic amines) is 2. The topological polar surface area (TPSA) is 367 Å². The highest BCUT2D eigenvalue weighted by Gasteiger charge is 2.49. The van der Waals surface area contributed by atoms with E-state index in [4.69, 9.17) is 28.6 Å². The Kier molecular flexibility index (Phi) is 26.5. The lowest BCUT2D eigenvalue weighted by Crippen LogP contribution is -2.56. The van der Waals surface area contributed by atoms with Crippen LogP contribution in [0.2, 0.25) is 0 Å². The largest absolute Gasteiger partial charge is 0.486 e. The first-order valence-corrected chi connectivity index (χ1v) is 38.5. The number of oxazole rings is 1. The number of amides is 6. The molecule has 15 rings (SSSR count). The molecule has 120 heavy (non-hydrogen) atoms. The van der Waals surface area contributed by atoms with Crippen molar-refractivity contribution in [1.29, 1.82) is 21.0 Å². The minimum Gasteiger partial charge on any atom is -0.486 e. The molecule has 6 aliphatic rings. The Morgan fingerprint density at radius 2 is 0.900 bits per heavy atom. The summed E-state index contributed by atoms with van der Waals surface area (Å²) in [5.41, 5.74) is 6.50. The quantitative estimate of drug-likeness (QED) is 0.0546. The highest BCUT2D eigenvalue weighted by atomic mass is 19.4. The first-order valence-electron chi connectivity index (χ1n) is 38.5. The lowest BCUT2D eigenvalue weighted by molar-refractivity contribution is -0.189. The number of aromatic nitrogens is 5. The van der Waals surface area contributed by atoms with Crippen LogP contribution >= 0.6 is 0 Å². The number of ether oxygens (including phenoxy) is 4. The predicted octanol–water partition coefficient (Wildman–Crippen LogP) is 16.3. The third kappa shape index (κ3) is 23.1. The van der Waals surface area contributed by atoms with Crippen LogP contribution in [0, 0.1) is 81.7 Å². The number of hydrogen-bond donors (Lipinski definition) is 4. The maximum absolute atomic E-state index is 15.0. The van der Waals surface area contributed by atoms with Crippen molar-refractivity contribution in [1.82, 2.24) is 34.7 Å². The molecule has 9 aromatic rings. The number of pyridine rings is 4. The van der Waals surface area contributed by atoms with Crippen molar-refractivity contribution in [2.24, 2.45) is 23.7 Å². The number of carbonyl (C=O) groups is 6. The van der Waals surface area contributed by atoms with Crippen LogP contribution < -0.4 is 35.5 Å². The molecule has 7 heterocycles. The molecule has 26 nitrogen and oxygen atoms in total. The van der Waals surface area contributed by atoms with Crippen LogP contribution in [-0.2, 0) is 23.9 Å². The average Bonchev–Trinajstić information content (AvgIpc) is 1.26. The first-order chi connectivity index (χ1) is 57.3. The Hall–Kier alpha value is -13.8. The lowest BCUT2D eigenvalue weighted by Gasteiger charge is -2.38. The Labute approximate surface area is 684 Å². The summed E-state index contributed by atoms with van der Waals surface area (Å²) in [6, 6.07) is 39.4. The Morgan fingerprint density at radius 1 is 0.517 bits per heavy atom. The summed E-state index contributed by atoms with van der Waals surface area (Å²) in [5, 5.41) is 48.9. The van der Waals surface area contributed by atoms with Crippen molar-refractivity contribution in [3.05, 3.63) is 192 Å². The first kappa shape index (κ1) is 85.5. The lowest BCUT2D eigenvalue weighted by atomic mass is 10.0. The number of aryl methyl sites for hydroxylation is 1. The molecular weight excluding hydrogens is 1560 g/mol. The molecule has 0 radical (unpaired) electrons. The van der Waals surface area contributed by atoms with Gasteiger partial charge in [0.25, 0.3) is 5.91 Å². The van der Waals surface area contributed by atoms with Crippen LogP contribution in [0.15, 0.2) is 157 Å². The van der Waals surface area contributed by atoms with Crippen LogP contribution in [0.5, 0.6) is 17.2 Å². The van der Waals surface area contributed by atoms with Gasteiger partial charge in [0.2, 0.25) is 29.4 Å². The second kappa shape index (κ2) is 37.2. The standard InChI is InChI=1S/C26H28F2N4O4.C26H24FN5O4.C19H16F3N3O2.C16H12FN3O/c1-25(2,3)36-24(34)32-11-9-22(26(27,28)15-32)35-21-7-6-17(12-18(21)14-29)20-13-19(8-10-30-20)31-23(33)16-4-5-16;1-15-30-13-24(35-15)26(34)32-9-7-23(20(27)14-32)36-22-5-4-17(10-18(22)12-28)21-11-19(6-8-29-21)31-25(33)16-2-3-16;1-11(19(20,21)22)27-17-5-4-13(8-14(17)10-23)16-9-15(6-7-24-16)25-18(26)12-2-3-12;17-14-4-3-11(7-12(14)9-18)15-8-13(5-6-19-15)20-16(21)10-1-2-10/h6-8,10,12-13,16,22H,4-5,9,11,15H2,1-3H3,(H,30,31,33);4-6,8,10-11,13,16,20,23H,2-3,7,9,14H2,1H3,(H,29,31,33);4-9,11-12H,2-3H2,1H3,(H,24,25,26);3-8,10H,1-2H2,(H,19,20,21)/t22-;20-,23+;;/m01../s1. The Balaban J connectivity index is 0.000000150. The molecule has 6 fully saturated rings. The normalized spacial score (nSPS) is 17.3. The fourth-order valence-electron chi connectivity index (χ4n) is 12.4. The van der Waals surface area contributed by atoms with Gasteiger partial charge in [0.05, 0.1) is 64.3 Å². The van der Waals surface area contributed by atoms with Gasteiger partial charge in [-0.05, 0) is 200 Å². The Morgan fingerprint density at radius 3 is 1.27 bits per heavy atom. The molecule has 2 saturated heterocycles. The van der Waals surface area contributed by atoms with Gasteiger partial charge >= 0.3 is 18.2 Å². The molecule has 33 heteroatoms. The molecule has 618 valence electrons. The molecule has 0 spiro atoms. The highest BCUT2D eigenvalue weighted by molar-refractivity contribution is 5.97. The molecule has 4 atom stereocenters. The Bertz CT molecular complexity index is 5520. The summed E-state index contributed by atoms with van der Waals surface area (Å²) in [5.74, 6) is -3.48. The van der Waals surface area contributed by atoms with Crippen LogP contribution in [0.3, 0.4) is 0 Å². The molecule has 6 amide bonds. The molecule has 2 aliphatic heterocycles. The second-order valence-corrected chi connectivity index (χ2v) is 30.4. The minimum absolute atomic E-state index is 0.00178. The van der Waals surface area contributed by atoms with Crippen LogP contribution in [0.4, 0.5) is 58.3 Å². The van der Waals surface area contributed by atoms with E-state index in [1.807, 2.05) is 12.1 Å². The van der Waals surface area contributed by atoms with Gasteiger partial charge in [-0.15, -0.1) is 0 Å². The number of rotatable bonds is 19. The van der Waals surface area contributed by atoms with Crippen LogP contribution in [0.1, 0.15) is 131 Å². The van der Waals surface area contributed by atoms with E-state index in [-0.39, 0.29) is 125 Å². The molecule has 4 aromatic carbocycles. The van der Waals surface area contributed by atoms with E-state index < -0.39 is 66.5 Å². The highest BCUT2D eigenvalue weighted by Crippen LogP contribution is 2.39. The van der Waals surface area contributed by atoms with Gasteiger partial charge in [-0.3, -0.25) is 43.9 Å². The maximum atomic E-state index is 15.0. The molecule has 1 unspecified atom stereocenters. The summed E-state index contributed by atoms with van der Waals surface area (Å²) in [6.07, 6.45) is 3.83. The number of hydrogen-bond acceptors (Lipinski definition) is 20. The van der Waals surface area contributed by atoms with Gasteiger partial charge in [0, 0.05) is 126 Å². The monoisotopic (exact) mass is 1640 g/mol. The van der Waals surface area contributed by atoms with Crippen LogP contribution in [-0.4, -0.2) is 139 Å². The van der Waals surface area contributed by atoms with E-state index in [9.17, 15) is 75.3 Å². The third-order valence-corrected chi connectivity index (χ3v) is 19.6. The summed E-state index contributed by atoms with van der Waals surface area (Å²) in [6.45, 7) is 6.86. The van der Waals surface area contributed by atoms with Crippen molar-refractivity contribution in [2.75, 3.05) is 47.4 Å². The maximum Gasteiger partial charge on any atom is 0.425 e. The van der Waals surface area contributed by atoms with E-state index in [1.165, 1.54) is 59.8 Å². The average molecular weight is 1640 g/mol. The molecular formula is C87H80F7N15O11. The SMILES string of the molecule is CC(C)(C)OC(=O)N1CC[C@H](Oc2ccc(-c3cc(NC(=O)C4CC4)ccn3)cc2C#N)C(F)(F)C1.CC(Oc1ccc(-c2cc(NC(=O)C3CC3)ccn2)cc1C#N)C(F)(F)F.Cc1ncc(C(=O)N2CC[C@H](Oc3ccc(-c4cc(NC(=O)C5CC5)ccn4)cc3C#N)[C@H](F)C2)o1.N#Cc1cc(-c2cc(NC(=O)C3CC3)ccn2)ccc1F. The number of carbonyl (C=O) groups excluding carboxylic acids is 6. The number of nitrogens with one attached hydrogen (secondary N) is 4. The smallest absolute Gasteiger partial charge is 0.425 e. The molecule has 4 saturated carbocycles. The van der Waals surface area contributed by atoms with Gasteiger partial charge in [-0.2, -0.15) is 34.2 Å². The number of nitriles is 4. The van der Waals surface area contributed by atoms with E-state index in [0.717, 1.165) is 63.2 Å². The van der Waals surface area contributed by atoms with Gasteiger partial charge in [0.1, 0.15) is 59.0 Å². The van der Waals surface area contributed by atoms with Gasteiger partial charge in [-0.25, -0.2) is 27.3 Å². The zero-order valence-corrected chi connectivity index (χ0v) is 65.5. The molecule has 5 aromatic heterocycles. The number of benzene rings is 4. The van der Waals surface area contributed by atoms with E-state index in [0.29, 0.717) is 73.7 Å². The number of halogens is 7. The van der Waals surface area contributed by atoms with Crippen molar-refractivity contribution in [2.45, 2.75) is 141 Å². The molecule has 4 N–H and O–H groups in total. The summed E-state index contributed by atoms with van der Waals surface area (Å²) in [7, 11) is 0. The zero-order chi connectivity index (χ0) is 85.7. The fraction of sp³-hybridized carbons (Fsp3) is 0.345. The summed E-state index contributed by atoms with van der Waals surface area (Å²) in [4.78, 5) is 95.8. The van der Waals surface area contributed by atoms with Crippen LogP contribution in [0.25, 0.3) is 45.0 Å². The third-order valence-electron chi connectivity index (χ3n) is 19.6. The fourth-order valence-corrected chi connectivity index (χ4v) is 12.4. The zero-order valence-electron chi connectivity index (χ0n) is 65.5. The summed E-state index contributed by atoms with van der Waals surface area (Å²) >= 11 is 0. The van der Waals surface area contributed by atoms with Crippen molar-refractivity contribution in [3.63, 3.8) is 0 Å². The van der Waals surface area contributed by atoms with E-state index in [2.05, 4.69) is 52.3 Å². The van der Waals surface area contributed by atoms with E-state index in [1.54, 1.807) is 131 Å². The van der Waals surface area contributed by atoms with Gasteiger partial charge in [0.15, 0.2) is 24.3 Å². The van der Waals surface area contributed by atoms with E-state index >= 15 is 0 Å².